The summed E-state index contributed by atoms with van der Waals surface area (Å²) >= 11 is 0. The lowest BCUT2D eigenvalue weighted by atomic mass is 9.95. The molecule has 11 heteroatoms. The first-order valence-corrected chi connectivity index (χ1v) is 15.3. The molecular weight excluding hydrogens is 609 g/mol. The van der Waals surface area contributed by atoms with Gasteiger partial charge in [-0.2, -0.15) is 9.97 Å². The number of nitrogens with zero attached hydrogens (tertiary/aromatic N) is 4. The number of hydrogen-bond acceptors (Lipinski definition) is 8. The molecule has 0 saturated carbocycles. The number of pyridine rings is 1. The summed E-state index contributed by atoms with van der Waals surface area (Å²) < 4.78 is 69.1. The summed E-state index contributed by atoms with van der Waals surface area (Å²) in [5.41, 5.74) is 0.307. The lowest BCUT2D eigenvalue weighted by Crippen LogP contribution is -2.43. The molecule has 0 radical (unpaired) electrons. The number of benzene rings is 3. The van der Waals surface area contributed by atoms with Crippen LogP contribution in [-0.2, 0) is 11.3 Å². The van der Waals surface area contributed by atoms with Gasteiger partial charge in [-0.15, -0.1) is 6.42 Å². The molecule has 0 amide bonds. The predicted octanol–water partition coefficient (Wildman–Crippen LogP) is 6.62. The zero-order valence-corrected chi connectivity index (χ0v) is 25.6. The summed E-state index contributed by atoms with van der Waals surface area (Å²) in [7, 11) is 1.47. The van der Waals surface area contributed by atoms with Gasteiger partial charge in [-0.05, 0) is 48.5 Å². The Bertz CT molecular complexity index is 2000. The van der Waals surface area contributed by atoms with Gasteiger partial charge in [0.25, 0.3) is 0 Å². The van der Waals surface area contributed by atoms with Gasteiger partial charge in [-0.1, -0.05) is 42.3 Å². The van der Waals surface area contributed by atoms with Crippen molar-refractivity contribution in [2.75, 3.05) is 33.6 Å². The molecule has 0 bridgehead atoms. The Morgan fingerprint density at radius 3 is 2.72 bits per heavy atom. The Morgan fingerprint density at radius 1 is 1.06 bits per heavy atom. The molecule has 240 valence electrons. The smallest absolute Gasteiger partial charge is 0.320 e. The zero-order valence-electron chi connectivity index (χ0n) is 25.6. The van der Waals surface area contributed by atoms with Gasteiger partial charge in [0, 0.05) is 37.2 Å². The number of aromatic nitrogens is 3. The summed E-state index contributed by atoms with van der Waals surface area (Å²) in [6.07, 6.45) is 8.26. The van der Waals surface area contributed by atoms with Gasteiger partial charge in [0.15, 0.2) is 12.6 Å². The first kappa shape index (κ1) is 30.7. The van der Waals surface area contributed by atoms with Gasteiger partial charge >= 0.3 is 6.01 Å². The lowest BCUT2D eigenvalue weighted by Gasteiger charge is -2.30. The minimum atomic E-state index is -0.941. The number of methoxy groups -OCH3 is 1. The highest BCUT2D eigenvalue weighted by Gasteiger charge is 2.49. The van der Waals surface area contributed by atoms with Gasteiger partial charge < -0.3 is 18.9 Å². The molecule has 0 aliphatic carbocycles. The Labute approximate surface area is 269 Å². The van der Waals surface area contributed by atoms with Crippen LogP contribution in [0.1, 0.15) is 30.4 Å². The monoisotopic (exact) mass is 640 g/mol. The fourth-order valence-electron chi connectivity index (χ4n) is 6.70. The van der Waals surface area contributed by atoms with E-state index in [1.807, 2.05) is 30.3 Å². The summed E-state index contributed by atoms with van der Waals surface area (Å²) in [5.74, 6) is 1.35. The van der Waals surface area contributed by atoms with Crippen molar-refractivity contribution in [3.05, 3.63) is 83.6 Å². The molecule has 2 aromatic heterocycles. The van der Waals surface area contributed by atoms with Gasteiger partial charge in [-0.25, -0.2) is 13.2 Å². The van der Waals surface area contributed by atoms with E-state index in [4.69, 9.17) is 25.4 Å². The van der Waals surface area contributed by atoms with Crippen LogP contribution in [-0.4, -0.2) is 65.2 Å². The Morgan fingerprint density at radius 2 is 1.91 bits per heavy atom. The van der Waals surface area contributed by atoms with Crippen molar-refractivity contribution in [3.8, 4) is 41.2 Å². The van der Waals surface area contributed by atoms with Gasteiger partial charge in [0.1, 0.15) is 42.2 Å². The average molecular weight is 641 g/mol. The molecule has 4 heterocycles. The molecule has 2 aliphatic heterocycles. The number of terminal acetylenes is 1. The highest BCUT2D eigenvalue weighted by Crippen LogP contribution is 2.41. The number of ether oxygens (including phenoxy) is 4. The molecule has 0 N–H and O–H groups in total. The normalized spacial score (nSPS) is 19.2. The van der Waals surface area contributed by atoms with Crippen LogP contribution >= 0.6 is 0 Å². The molecule has 0 spiro atoms. The second kappa shape index (κ2) is 12.7. The van der Waals surface area contributed by atoms with Crippen LogP contribution in [0, 0.1) is 24.0 Å². The second-order valence-corrected chi connectivity index (χ2v) is 11.8. The minimum Gasteiger partial charge on any atom is -0.472 e. The topological polar surface area (TPSA) is 78.8 Å². The Kier molecular flexibility index (Phi) is 8.30. The molecule has 0 unspecified atom stereocenters. The standard InChI is InChI=1S/C36H31F3N4O4/c1-3-26-29(38)11-10-23-14-25(47-21-44-2)15-27(30(23)26)32-31(39)33-28(17-40-32)34(45-19-22-8-5-4-6-9-22)42-35(41-33)46-20-36-12-7-13-43(36)18-24(37)16-36/h1,4-6,8-11,14-15,17,24H,7,12-13,16,18-21H2,2H3/t24-,36+/m1/s1. The summed E-state index contributed by atoms with van der Waals surface area (Å²) in [4.78, 5) is 15.5. The number of halogens is 3. The van der Waals surface area contributed by atoms with Gasteiger partial charge in [0.2, 0.25) is 5.88 Å². The summed E-state index contributed by atoms with van der Waals surface area (Å²) in [5, 5.41) is 1.02. The van der Waals surface area contributed by atoms with E-state index >= 15 is 4.39 Å². The van der Waals surface area contributed by atoms with Crippen molar-refractivity contribution < 1.29 is 32.1 Å². The maximum atomic E-state index is 16.8. The highest BCUT2D eigenvalue weighted by molar-refractivity contribution is 6.02. The fraction of sp³-hybridized carbons (Fsp3) is 0.306. The van der Waals surface area contributed by atoms with E-state index in [1.54, 1.807) is 6.07 Å². The van der Waals surface area contributed by atoms with Crippen LogP contribution < -0.4 is 14.2 Å². The van der Waals surface area contributed by atoms with E-state index in [-0.39, 0.29) is 65.0 Å². The highest BCUT2D eigenvalue weighted by atomic mass is 19.1. The van der Waals surface area contributed by atoms with Crippen molar-refractivity contribution >= 4 is 21.7 Å². The lowest BCUT2D eigenvalue weighted by molar-refractivity contribution is 0.0512. The summed E-state index contributed by atoms with van der Waals surface area (Å²) in [6, 6.07) is 15.3. The van der Waals surface area contributed by atoms with E-state index in [1.165, 1.54) is 31.5 Å². The van der Waals surface area contributed by atoms with Crippen molar-refractivity contribution in [1.29, 1.82) is 0 Å². The van der Waals surface area contributed by atoms with Crippen LogP contribution in [0.25, 0.3) is 32.9 Å². The molecular formula is C36H31F3N4O4. The van der Waals surface area contributed by atoms with E-state index in [0.29, 0.717) is 24.1 Å². The van der Waals surface area contributed by atoms with Gasteiger partial charge in [0.05, 0.1) is 16.5 Å². The molecule has 5 aromatic rings. The number of rotatable bonds is 10. The molecule has 47 heavy (non-hydrogen) atoms. The molecule has 2 atom stereocenters. The maximum absolute atomic E-state index is 16.8. The third kappa shape index (κ3) is 5.79. The first-order chi connectivity index (χ1) is 22.9. The third-order valence-electron chi connectivity index (χ3n) is 8.86. The van der Waals surface area contributed by atoms with Crippen molar-refractivity contribution in [3.63, 3.8) is 0 Å². The minimum absolute atomic E-state index is 0.0428. The largest absolute Gasteiger partial charge is 0.472 e. The third-order valence-corrected chi connectivity index (χ3v) is 8.86. The SMILES string of the molecule is C#Cc1c(F)ccc2cc(OCOC)cc(-c3ncc4c(OCc5ccccc5)nc(OC[C@@]56CCCN5C[C@H](F)C6)nc4c3F)c12. The van der Waals surface area contributed by atoms with Crippen LogP contribution in [0.3, 0.4) is 0 Å². The zero-order chi connectivity index (χ0) is 32.5. The maximum Gasteiger partial charge on any atom is 0.320 e. The second-order valence-electron chi connectivity index (χ2n) is 11.8. The number of fused-ring (bicyclic) bond motifs is 3. The van der Waals surface area contributed by atoms with Crippen LogP contribution in [0.5, 0.6) is 17.6 Å². The van der Waals surface area contributed by atoms with E-state index in [0.717, 1.165) is 24.9 Å². The van der Waals surface area contributed by atoms with E-state index < -0.39 is 23.3 Å². The van der Waals surface area contributed by atoms with Crippen molar-refractivity contribution in [2.24, 2.45) is 0 Å². The molecule has 2 saturated heterocycles. The molecule has 2 fully saturated rings. The van der Waals surface area contributed by atoms with Crippen molar-refractivity contribution in [2.45, 2.75) is 37.6 Å². The fourth-order valence-corrected chi connectivity index (χ4v) is 6.70. The summed E-state index contributed by atoms with van der Waals surface area (Å²) in [6.45, 7) is 1.37. The molecule has 3 aromatic carbocycles. The van der Waals surface area contributed by atoms with Gasteiger partial charge in [-0.3, -0.25) is 9.88 Å². The van der Waals surface area contributed by atoms with E-state index in [9.17, 15) is 8.78 Å². The number of hydrogen-bond donors (Lipinski definition) is 0. The Balaban J connectivity index is 1.35. The quantitative estimate of drug-likeness (QED) is 0.125. The Hall–Kier alpha value is -4.92. The van der Waals surface area contributed by atoms with Crippen molar-refractivity contribution in [1.82, 2.24) is 19.9 Å². The molecule has 2 aliphatic rings. The average Bonchev–Trinajstić information content (AvgIpc) is 3.61. The van der Waals surface area contributed by atoms with E-state index in [2.05, 4.69) is 25.8 Å². The molecule has 8 nitrogen and oxygen atoms in total. The van der Waals surface area contributed by atoms with Crippen LogP contribution in [0.4, 0.5) is 13.2 Å². The van der Waals surface area contributed by atoms with Crippen LogP contribution in [0.15, 0.2) is 60.8 Å². The number of alkyl halides is 1. The predicted molar refractivity (Wildman–Crippen MR) is 170 cm³/mol. The molecule has 7 rings (SSSR count). The first-order valence-electron chi connectivity index (χ1n) is 15.3. The van der Waals surface area contributed by atoms with Crippen LogP contribution in [0.2, 0.25) is 0 Å².